The van der Waals surface area contributed by atoms with Gasteiger partial charge in [0.15, 0.2) is 5.78 Å². The van der Waals surface area contributed by atoms with E-state index in [2.05, 4.69) is 20.8 Å². The highest BCUT2D eigenvalue weighted by Crippen LogP contribution is 2.40. The number of carbonyl (C=O) groups excluding carboxylic acids is 1. The predicted octanol–water partition coefficient (Wildman–Crippen LogP) is 6.37. The molecule has 25 heavy (non-hydrogen) atoms. The Labute approximate surface area is 146 Å². The van der Waals surface area contributed by atoms with Crippen molar-refractivity contribution in [2.24, 2.45) is 5.41 Å². The summed E-state index contributed by atoms with van der Waals surface area (Å²) in [4.78, 5) is 12.0. The lowest BCUT2D eigenvalue weighted by Gasteiger charge is -2.32. The van der Waals surface area contributed by atoms with E-state index >= 15 is 0 Å². The molecule has 4 heteroatoms. The van der Waals surface area contributed by atoms with E-state index in [9.17, 15) is 18.0 Å². The monoisotopic (exact) mass is 348 g/mol. The van der Waals surface area contributed by atoms with Gasteiger partial charge in [0.2, 0.25) is 0 Å². The van der Waals surface area contributed by atoms with Crippen molar-refractivity contribution in [2.75, 3.05) is 0 Å². The molecule has 0 saturated heterocycles. The molecular formula is C21H23F3O. The zero-order valence-electron chi connectivity index (χ0n) is 14.8. The molecule has 0 radical (unpaired) electrons. The van der Waals surface area contributed by atoms with E-state index in [1.165, 1.54) is 35.4 Å². The van der Waals surface area contributed by atoms with Crippen LogP contribution in [0.4, 0.5) is 13.2 Å². The molecule has 1 aliphatic rings. The summed E-state index contributed by atoms with van der Waals surface area (Å²) >= 11 is 0. The van der Waals surface area contributed by atoms with Crippen molar-refractivity contribution in [3.63, 3.8) is 0 Å². The van der Waals surface area contributed by atoms with Gasteiger partial charge < -0.3 is 0 Å². The average Bonchev–Trinajstić information content (AvgIpc) is 2.51. The second-order valence-electron chi connectivity index (χ2n) is 7.12. The highest BCUT2D eigenvalue weighted by atomic mass is 19.4. The van der Waals surface area contributed by atoms with Crippen LogP contribution >= 0.6 is 0 Å². The van der Waals surface area contributed by atoms with Crippen molar-refractivity contribution in [3.8, 4) is 0 Å². The first-order valence-corrected chi connectivity index (χ1v) is 8.37. The second kappa shape index (κ2) is 7.42. The molecule has 0 unspecified atom stereocenters. The topological polar surface area (TPSA) is 17.1 Å². The van der Waals surface area contributed by atoms with Gasteiger partial charge in [0.05, 0.1) is 5.56 Å². The number of ketones is 1. The van der Waals surface area contributed by atoms with Crippen LogP contribution in [0, 0.1) is 5.41 Å². The van der Waals surface area contributed by atoms with E-state index < -0.39 is 11.7 Å². The third kappa shape index (κ3) is 5.18. The molecule has 2 rings (SSSR count). The molecule has 0 atom stereocenters. The van der Waals surface area contributed by atoms with E-state index in [0.29, 0.717) is 5.56 Å². The molecule has 0 fully saturated rings. The van der Waals surface area contributed by atoms with E-state index in [1.54, 1.807) is 6.07 Å². The Balaban J connectivity index is 2.11. The van der Waals surface area contributed by atoms with Gasteiger partial charge in [-0.1, -0.05) is 43.7 Å². The van der Waals surface area contributed by atoms with Gasteiger partial charge in [-0.15, -0.1) is 0 Å². The van der Waals surface area contributed by atoms with Crippen LogP contribution in [0.3, 0.4) is 0 Å². The zero-order chi connectivity index (χ0) is 18.7. The van der Waals surface area contributed by atoms with Crippen molar-refractivity contribution in [1.82, 2.24) is 0 Å². The minimum Gasteiger partial charge on any atom is -0.290 e. The quantitative estimate of drug-likeness (QED) is 0.578. The number of allylic oxidation sites excluding steroid dienone is 5. The molecule has 134 valence electrons. The molecule has 0 amide bonds. The van der Waals surface area contributed by atoms with Crippen LogP contribution in [0.25, 0.3) is 6.08 Å². The Morgan fingerprint density at radius 3 is 2.48 bits per heavy atom. The van der Waals surface area contributed by atoms with Gasteiger partial charge in [-0.25, -0.2) is 0 Å². The summed E-state index contributed by atoms with van der Waals surface area (Å²) in [5.41, 5.74) is 2.15. The summed E-state index contributed by atoms with van der Waals surface area (Å²) < 4.78 is 38.1. The Morgan fingerprint density at radius 1 is 1.16 bits per heavy atom. The maximum absolute atomic E-state index is 12.7. The van der Waals surface area contributed by atoms with Gasteiger partial charge in [0.1, 0.15) is 0 Å². The molecule has 0 saturated carbocycles. The lowest BCUT2D eigenvalue weighted by Crippen LogP contribution is -2.19. The lowest BCUT2D eigenvalue weighted by atomic mass is 9.72. The fraction of sp³-hybridized carbons (Fsp3) is 0.381. The second-order valence-corrected chi connectivity index (χ2v) is 7.12. The van der Waals surface area contributed by atoms with Crippen LogP contribution in [0.1, 0.15) is 51.2 Å². The van der Waals surface area contributed by atoms with Crippen molar-refractivity contribution in [3.05, 3.63) is 64.8 Å². The lowest BCUT2D eigenvalue weighted by molar-refractivity contribution is -0.137. The third-order valence-corrected chi connectivity index (χ3v) is 4.61. The molecule has 1 aromatic carbocycles. The molecule has 0 heterocycles. The van der Waals surface area contributed by atoms with Crippen LogP contribution in [-0.2, 0) is 11.0 Å². The van der Waals surface area contributed by atoms with Crippen molar-refractivity contribution in [2.45, 2.75) is 46.2 Å². The van der Waals surface area contributed by atoms with E-state index in [0.717, 1.165) is 31.4 Å². The van der Waals surface area contributed by atoms with Gasteiger partial charge in [0, 0.05) is 0 Å². The van der Waals surface area contributed by atoms with Crippen molar-refractivity contribution < 1.29 is 18.0 Å². The summed E-state index contributed by atoms with van der Waals surface area (Å²) in [6.45, 7) is 6.42. The SMILES string of the molecule is CC1=C(/C=C/C(=O)/C=C/c2cccc(C(F)(F)F)c2)C(C)(C)CCC1. The number of hydrogen-bond acceptors (Lipinski definition) is 1. The Morgan fingerprint density at radius 2 is 1.84 bits per heavy atom. The smallest absolute Gasteiger partial charge is 0.290 e. The van der Waals surface area contributed by atoms with Crippen LogP contribution < -0.4 is 0 Å². The molecular weight excluding hydrogens is 325 g/mol. The summed E-state index contributed by atoms with van der Waals surface area (Å²) in [5.74, 6) is -0.237. The number of benzene rings is 1. The average molecular weight is 348 g/mol. The summed E-state index contributed by atoms with van der Waals surface area (Å²) in [6, 6.07) is 4.92. The first-order valence-electron chi connectivity index (χ1n) is 8.37. The molecule has 0 N–H and O–H groups in total. The third-order valence-electron chi connectivity index (χ3n) is 4.61. The van der Waals surface area contributed by atoms with Gasteiger partial charge in [0.25, 0.3) is 0 Å². The highest BCUT2D eigenvalue weighted by Gasteiger charge is 2.30. The zero-order valence-corrected chi connectivity index (χ0v) is 14.8. The fourth-order valence-electron chi connectivity index (χ4n) is 3.23. The predicted molar refractivity (Wildman–Crippen MR) is 95.0 cm³/mol. The van der Waals surface area contributed by atoms with E-state index in [4.69, 9.17) is 0 Å². The number of alkyl halides is 3. The summed E-state index contributed by atoms with van der Waals surface area (Å²) in [6.07, 6.45) is 4.95. The van der Waals surface area contributed by atoms with E-state index in [-0.39, 0.29) is 11.2 Å². The fourth-order valence-corrected chi connectivity index (χ4v) is 3.23. The highest BCUT2D eigenvalue weighted by molar-refractivity contribution is 6.02. The van der Waals surface area contributed by atoms with Gasteiger partial charge >= 0.3 is 6.18 Å². The largest absolute Gasteiger partial charge is 0.416 e. The first-order chi connectivity index (χ1) is 11.6. The number of halogens is 3. The standard InChI is InChI=1S/C21H23F3O/c1-15-6-5-13-20(2,3)19(15)12-11-18(25)10-9-16-7-4-8-17(14-16)21(22,23)24/h4,7-12,14H,5-6,13H2,1-3H3/b10-9+,12-11+. The van der Waals surface area contributed by atoms with Crippen LogP contribution in [0.5, 0.6) is 0 Å². The first kappa shape index (κ1) is 19.2. The van der Waals surface area contributed by atoms with Crippen LogP contribution in [0.15, 0.2) is 53.6 Å². The molecule has 0 spiro atoms. The maximum Gasteiger partial charge on any atom is 0.416 e. The Hall–Kier alpha value is -2.10. The van der Waals surface area contributed by atoms with Gasteiger partial charge in [-0.3, -0.25) is 4.79 Å². The number of rotatable bonds is 4. The Bertz CT molecular complexity index is 734. The summed E-state index contributed by atoms with van der Waals surface area (Å²) in [5, 5.41) is 0. The molecule has 1 nitrogen and oxygen atoms in total. The van der Waals surface area contributed by atoms with Gasteiger partial charge in [-0.05, 0) is 67.0 Å². The molecule has 0 aliphatic heterocycles. The summed E-state index contributed by atoms with van der Waals surface area (Å²) in [7, 11) is 0. The van der Waals surface area contributed by atoms with Gasteiger partial charge in [-0.2, -0.15) is 13.2 Å². The molecule has 0 bridgehead atoms. The van der Waals surface area contributed by atoms with Crippen LogP contribution in [0.2, 0.25) is 0 Å². The maximum atomic E-state index is 12.7. The van der Waals surface area contributed by atoms with Crippen LogP contribution in [-0.4, -0.2) is 5.78 Å². The minimum atomic E-state index is -4.38. The van der Waals surface area contributed by atoms with Crippen molar-refractivity contribution >= 4 is 11.9 Å². The number of hydrogen-bond donors (Lipinski definition) is 0. The van der Waals surface area contributed by atoms with Crippen molar-refractivity contribution in [1.29, 1.82) is 0 Å². The molecule has 1 aliphatic carbocycles. The number of carbonyl (C=O) groups is 1. The normalized spacial score (nSPS) is 18.3. The molecule has 0 aromatic heterocycles. The molecule has 1 aromatic rings. The van der Waals surface area contributed by atoms with E-state index in [1.807, 2.05) is 6.08 Å². The minimum absolute atomic E-state index is 0.0455. The Kier molecular flexibility index (Phi) is 5.71.